The van der Waals surface area contributed by atoms with Crippen molar-refractivity contribution in [2.24, 2.45) is 0 Å². The van der Waals surface area contributed by atoms with Crippen molar-refractivity contribution >= 4 is 11.6 Å². The van der Waals surface area contributed by atoms with Gasteiger partial charge in [0.2, 0.25) is 0 Å². The molecule has 114 valence electrons. The first-order chi connectivity index (χ1) is 9.47. The summed E-state index contributed by atoms with van der Waals surface area (Å²) in [6.07, 6.45) is 0.467. The van der Waals surface area contributed by atoms with E-state index in [9.17, 15) is 5.11 Å². The zero-order valence-electron chi connectivity index (χ0n) is 12.6. The van der Waals surface area contributed by atoms with Gasteiger partial charge in [-0.1, -0.05) is 11.6 Å². The van der Waals surface area contributed by atoms with Crippen LogP contribution in [-0.4, -0.2) is 43.4 Å². The highest BCUT2D eigenvalue weighted by atomic mass is 35.5. The lowest BCUT2D eigenvalue weighted by Crippen LogP contribution is -2.22. The van der Waals surface area contributed by atoms with Crippen molar-refractivity contribution in [2.75, 3.05) is 27.3 Å². The second-order valence-electron chi connectivity index (χ2n) is 4.92. The minimum Gasteiger partial charge on any atom is -0.493 e. The molecule has 0 heterocycles. The molecular formula is C15H24ClNO3. The smallest absolute Gasteiger partial charge is 0.179 e. The van der Waals surface area contributed by atoms with Crippen LogP contribution in [0.3, 0.4) is 0 Å². The third kappa shape index (κ3) is 5.19. The van der Waals surface area contributed by atoms with Gasteiger partial charge in [0, 0.05) is 13.1 Å². The summed E-state index contributed by atoms with van der Waals surface area (Å²) < 4.78 is 10.8. The van der Waals surface area contributed by atoms with Crippen LogP contribution in [0.25, 0.3) is 0 Å². The van der Waals surface area contributed by atoms with Gasteiger partial charge in [0.1, 0.15) is 0 Å². The standard InChI is InChI=1S/C15H24ClNO3/c1-5-20-15-13(16)8-12(9-14(15)19-4)10-17(3)7-6-11(2)18/h8-9,11,18H,5-7,10H2,1-4H3. The van der Waals surface area contributed by atoms with Crippen molar-refractivity contribution < 1.29 is 14.6 Å². The van der Waals surface area contributed by atoms with Crippen molar-refractivity contribution in [3.63, 3.8) is 0 Å². The molecule has 5 heteroatoms. The molecule has 1 rings (SSSR count). The number of hydrogen-bond acceptors (Lipinski definition) is 4. The number of halogens is 1. The van der Waals surface area contributed by atoms with Gasteiger partial charge < -0.3 is 19.5 Å². The summed E-state index contributed by atoms with van der Waals surface area (Å²) in [5, 5.41) is 9.87. The Morgan fingerprint density at radius 1 is 1.40 bits per heavy atom. The van der Waals surface area contributed by atoms with Gasteiger partial charge in [0.25, 0.3) is 0 Å². The van der Waals surface area contributed by atoms with E-state index in [1.54, 1.807) is 14.0 Å². The molecule has 1 aromatic rings. The topological polar surface area (TPSA) is 41.9 Å². The van der Waals surface area contributed by atoms with Gasteiger partial charge in [-0.05, 0) is 45.0 Å². The van der Waals surface area contributed by atoms with Crippen molar-refractivity contribution in [3.8, 4) is 11.5 Å². The monoisotopic (exact) mass is 301 g/mol. The molecule has 0 saturated heterocycles. The molecule has 20 heavy (non-hydrogen) atoms. The minimum atomic E-state index is -0.282. The van der Waals surface area contributed by atoms with E-state index in [0.29, 0.717) is 23.1 Å². The maximum Gasteiger partial charge on any atom is 0.179 e. The van der Waals surface area contributed by atoms with Crippen LogP contribution in [0.15, 0.2) is 12.1 Å². The fourth-order valence-corrected chi connectivity index (χ4v) is 2.23. The summed E-state index contributed by atoms with van der Waals surface area (Å²) in [4.78, 5) is 2.14. The second kappa shape index (κ2) is 8.35. The van der Waals surface area contributed by atoms with Gasteiger partial charge in [-0.25, -0.2) is 0 Å². The Hall–Kier alpha value is -0.970. The predicted molar refractivity (Wildman–Crippen MR) is 81.8 cm³/mol. The fourth-order valence-electron chi connectivity index (χ4n) is 1.95. The van der Waals surface area contributed by atoms with Gasteiger partial charge in [-0.2, -0.15) is 0 Å². The van der Waals surface area contributed by atoms with E-state index < -0.39 is 0 Å². The van der Waals surface area contributed by atoms with Crippen molar-refractivity contribution in [1.29, 1.82) is 0 Å². The maximum atomic E-state index is 9.30. The van der Waals surface area contributed by atoms with E-state index in [2.05, 4.69) is 4.90 Å². The largest absolute Gasteiger partial charge is 0.493 e. The maximum absolute atomic E-state index is 9.30. The number of benzene rings is 1. The Balaban J connectivity index is 2.78. The summed E-state index contributed by atoms with van der Waals surface area (Å²) in [5.41, 5.74) is 1.06. The van der Waals surface area contributed by atoms with Crippen molar-refractivity contribution in [2.45, 2.75) is 32.9 Å². The van der Waals surface area contributed by atoms with Crippen molar-refractivity contribution in [3.05, 3.63) is 22.7 Å². The van der Waals surface area contributed by atoms with E-state index in [4.69, 9.17) is 21.1 Å². The number of aliphatic hydroxyl groups excluding tert-OH is 1. The highest BCUT2D eigenvalue weighted by molar-refractivity contribution is 6.32. The first-order valence-electron chi connectivity index (χ1n) is 6.83. The molecule has 0 aliphatic carbocycles. The molecule has 1 atom stereocenters. The number of rotatable bonds is 8. The quantitative estimate of drug-likeness (QED) is 0.801. The molecular weight excluding hydrogens is 278 g/mol. The number of ether oxygens (including phenoxy) is 2. The molecule has 0 aliphatic heterocycles. The molecule has 1 unspecified atom stereocenters. The second-order valence-corrected chi connectivity index (χ2v) is 5.32. The summed E-state index contributed by atoms with van der Waals surface area (Å²) in [5.74, 6) is 1.24. The SMILES string of the molecule is CCOc1c(Cl)cc(CN(C)CCC(C)O)cc1OC. The average Bonchev–Trinajstić information content (AvgIpc) is 2.39. The molecule has 0 fully saturated rings. The lowest BCUT2D eigenvalue weighted by Gasteiger charge is -2.19. The molecule has 0 saturated carbocycles. The van der Waals surface area contributed by atoms with Crippen LogP contribution in [-0.2, 0) is 6.54 Å². The Morgan fingerprint density at radius 2 is 2.10 bits per heavy atom. The molecule has 1 N–H and O–H groups in total. The van der Waals surface area contributed by atoms with Gasteiger partial charge in [0.05, 0.1) is 24.8 Å². The van der Waals surface area contributed by atoms with Crippen LogP contribution in [0.1, 0.15) is 25.8 Å². The van der Waals surface area contributed by atoms with Crippen LogP contribution in [0, 0.1) is 0 Å². The predicted octanol–water partition coefficient (Wildman–Crippen LogP) is 2.95. The number of aliphatic hydroxyl groups is 1. The van der Waals surface area contributed by atoms with Crippen LogP contribution in [0.4, 0.5) is 0 Å². The molecule has 0 aliphatic rings. The van der Waals surface area contributed by atoms with Crippen LogP contribution >= 0.6 is 11.6 Å². The summed E-state index contributed by atoms with van der Waals surface area (Å²) in [6.45, 7) is 5.82. The van der Waals surface area contributed by atoms with Gasteiger partial charge in [0.15, 0.2) is 11.5 Å². The lowest BCUT2D eigenvalue weighted by atomic mass is 10.1. The van der Waals surface area contributed by atoms with E-state index in [0.717, 1.165) is 25.1 Å². The number of nitrogens with zero attached hydrogens (tertiary/aromatic N) is 1. The molecule has 0 spiro atoms. The van der Waals surface area contributed by atoms with Gasteiger partial charge in [-0.15, -0.1) is 0 Å². The highest BCUT2D eigenvalue weighted by Gasteiger charge is 2.12. The van der Waals surface area contributed by atoms with E-state index in [1.807, 2.05) is 26.1 Å². The Labute approximate surface area is 126 Å². The molecule has 0 bridgehead atoms. The minimum absolute atomic E-state index is 0.282. The summed E-state index contributed by atoms with van der Waals surface area (Å²) in [6, 6.07) is 3.84. The third-order valence-corrected chi connectivity index (χ3v) is 3.24. The Kier molecular flexibility index (Phi) is 7.13. The average molecular weight is 302 g/mol. The molecule has 0 aromatic heterocycles. The first kappa shape index (κ1) is 17.1. The van der Waals surface area contributed by atoms with Gasteiger partial charge in [-0.3, -0.25) is 0 Å². The van der Waals surface area contributed by atoms with Crippen LogP contribution in [0.2, 0.25) is 5.02 Å². The zero-order chi connectivity index (χ0) is 15.1. The lowest BCUT2D eigenvalue weighted by molar-refractivity contribution is 0.163. The number of methoxy groups -OCH3 is 1. The molecule has 4 nitrogen and oxygen atoms in total. The third-order valence-electron chi connectivity index (χ3n) is 2.96. The van der Waals surface area contributed by atoms with E-state index >= 15 is 0 Å². The Morgan fingerprint density at radius 3 is 2.65 bits per heavy atom. The van der Waals surface area contributed by atoms with Crippen molar-refractivity contribution in [1.82, 2.24) is 4.90 Å². The highest BCUT2D eigenvalue weighted by Crippen LogP contribution is 2.36. The molecule has 1 aromatic carbocycles. The van der Waals surface area contributed by atoms with Gasteiger partial charge >= 0.3 is 0 Å². The van der Waals surface area contributed by atoms with E-state index in [1.165, 1.54) is 0 Å². The Bertz CT molecular complexity index is 424. The zero-order valence-corrected chi connectivity index (χ0v) is 13.4. The molecule has 0 amide bonds. The summed E-state index contributed by atoms with van der Waals surface area (Å²) >= 11 is 6.24. The van der Waals surface area contributed by atoms with E-state index in [-0.39, 0.29) is 6.10 Å². The normalized spacial score (nSPS) is 12.6. The van der Waals surface area contributed by atoms with Crippen LogP contribution in [0.5, 0.6) is 11.5 Å². The molecule has 0 radical (unpaired) electrons. The summed E-state index contributed by atoms with van der Waals surface area (Å²) in [7, 11) is 3.62. The fraction of sp³-hybridized carbons (Fsp3) is 0.600. The number of hydrogen-bond donors (Lipinski definition) is 1. The first-order valence-corrected chi connectivity index (χ1v) is 7.21. The van der Waals surface area contributed by atoms with Crippen LogP contribution < -0.4 is 9.47 Å².